The second-order valence-corrected chi connectivity index (χ2v) is 6.95. The van der Waals surface area contributed by atoms with Gasteiger partial charge in [0.15, 0.2) is 6.29 Å². The van der Waals surface area contributed by atoms with E-state index in [0.29, 0.717) is 5.56 Å². The number of hydrogen-bond acceptors (Lipinski definition) is 6. The number of benzene rings is 2. The van der Waals surface area contributed by atoms with Crippen molar-refractivity contribution in [3.05, 3.63) is 60.2 Å². The predicted octanol–water partition coefficient (Wildman–Crippen LogP) is 2.72. The maximum Gasteiger partial charge on any atom is 0.338 e. The average Bonchev–Trinajstić information content (AvgIpc) is 2.74. The highest BCUT2D eigenvalue weighted by atomic mass is 16.7. The summed E-state index contributed by atoms with van der Waals surface area (Å²) >= 11 is 0. The maximum absolute atomic E-state index is 12.4. The molecule has 29 heavy (non-hydrogen) atoms. The third-order valence-corrected chi connectivity index (χ3v) is 5.01. The van der Waals surface area contributed by atoms with Gasteiger partial charge in [-0.2, -0.15) is 0 Å². The molecule has 0 spiro atoms. The Morgan fingerprint density at radius 3 is 2.34 bits per heavy atom. The number of hydrogen-bond donors (Lipinski definition) is 2. The van der Waals surface area contributed by atoms with Crippen LogP contribution in [-0.4, -0.2) is 54.4 Å². The van der Waals surface area contributed by atoms with Crippen molar-refractivity contribution in [1.82, 2.24) is 0 Å². The Balaban J connectivity index is 1.64. The van der Waals surface area contributed by atoms with Crippen molar-refractivity contribution in [3.8, 4) is 11.1 Å². The summed E-state index contributed by atoms with van der Waals surface area (Å²) < 4.78 is 16.1. The lowest BCUT2D eigenvalue weighted by Gasteiger charge is -2.38. The summed E-state index contributed by atoms with van der Waals surface area (Å²) in [5.41, 5.74) is 2.39. The molecule has 154 valence electrons. The fourth-order valence-electron chi connectivity index (χ4n) is 3.43. The lowest BCUT2D eigenvalue weighted by Crippen LogP contribution is -2.48. The molecule has 1 aliphatic heterocycles. The Labute approximate surface area is 168 Å². The third-order valence-electron chi connectivity index (χ3n) is 5.01. The van der Waals surface area contributed by atoms with Crippen LogP contribution in [0.5, 0.6) is 0 Å². The molecule has 1 saturated heterocycles. The number of aliphatic carboxylic acids is 1. The van der Waals surface area contributed by atoms with Crippen LogP contribution in [0, 0.1) is 5.92 Å². The van der Waals surface area contributed by atoms with Crippen LogP contribution in [0.15, 0.2) is 54.6 Å². The zero-order valence-corrected chi connectivity index (χ0v) is 16.1. The molecule has 0 aromatic heterocycles. The number of ether oxygens (including phenoxy) is 3. The van der Waals surface area contributed by atoms with E-state index in [9.17, 15) is 14.7 Å². The fraction of sp³-hybridized carbons (Fsp3) is 0.364. The van der Waals surface area contributed by atoms with Gasteiger partial charge in [0.25, 0.3) is 0 Å². The highest BCUT2D eigenvalue weighted by molar-refractivity contribution is 5.90. The van der Waals surface area contributed by atoms with E-state index in [1.807, 2.05) is 42.5 Å². The lowest BCUT2D eigenvalue weighted by atomic mass is 9.88. The van der Waals surface area contributed by atoms with E-state index in [0.717, 1.165) is 11.1 Å². The first kappa shape index (κ1) is 21.0. The van der Waals surface area contributed by atoms with Gasteiger partial charge >= 0.3 is 11.9 Å². The van der Waals surface area contributed by atoms with Gasteiger partial charge in [0.05, 0.1) is 18.1 Å². The van der Waals surface area contributed by atoms with E-state index >= 15 is 0 Å². The summed E-state index contributed by atoms with van der Waals surface area (Å²) in [7, 11) is 1.44. The quantitative estimate of drug-likeness (QED) is 0.689. The second kappa shape index (κ2) is 9.65. The lowest BCUT2D eigenvalue weighted by molar-refractivity contribution is -0.235. The third kappa shape index (κ3) is 5.41. The fourth-order valence-corrected chi connectivity index (χ4v) is 3.43. The number of esters is 1. The summed E-state index contributed by atoms with van der Waals surface area (Å²) in [4.78, 5) is 23.5. The number of carboxylic acid groups (broad SMARTS) is 1. The first-order valence-electron chi connectivity index (χ1n) is 9.38. The Morgan fingerprint density at radius 2 is 1.72 bits per heavy atom. The number of carbonyl (C=O) groups excluding carboxylic acids is 1. The molecule has 2 aromatic rings. The van der Waals surface area contributed by atoms with E-state index in [4.69, 9.17) is 19.3 Å². The van der Waals surface area contributed by atoms with Crippen molar-refractivity contribution < 1.29 is 34.0 Å². The predicted molar refractivity (Wildman–Crippen MR) is 104 cm³/mol. The molecule has 2 aromatic carbocycles. The van der Waals surface area contributed by atoms with Crippen molar-refractivity contribution in [2.75, 3.05) is 13.7 Å². The molecule has 1 fully saturated rings. The van der Waals surface area contributed by atoms with Crippen LogP contribution < -0.4 is 0 Å². The SMILES string of the molecule is CO[C@@H]1C[C@@H](O)[C@@H](CC(=O)O)[C@H](COC(=O)c2ccc(-c3ccccc3)cc2)O1. The van der Waals surface area contributed by atoms with Gasteiger partial charge in [-0.1, -0.05) is 42.5 Å². The van der Waals surface area contributed by atoms with Crippen molar-refractivity contribution in [2.24, 2.45) is 5.92 Å². The minimum Gasteiger partial charge on any atom is -0.481 e. The van der Waals surface area contributed by atoms with Crippen molar-refractivity contribution in [2.45, 2.75) is 31.3 Å². The number of carboxylic acids is 1. The van der Waals surface area contributed by atoms with Crippen molar-refractivity contribution in [1.29, 1.82) is 0 Å². The molecule has 1 heterocycles. The van der Waals surface area contributed by atoms with Gasteiger partial charge in [-0.05, 0) is 23.3 Å². The zero-order chi connectivity index (χ0) is 20.8. The first-order chi connectivity index (χ1) is 14.0. The van der Waals surface area contributed by atoms with Crippen LogP contribution in [-0.2, 0) is 19.0 Å². The van der Waals surface area contributed by atoms with Gasteiger partial charge in [0, 0.05) is 19.4 Å². The van der Waals surface area contributed by atoms with E-state index in [1.165, 1.54) is 7.11 Å². The Morgan fingerprint density at radius 1 is 1.07 bits per heavy atom. The Kier molecular flexibility index (Phi) is 6.98. The minimum atomic E-state index is -1.05. The van der Waals surface area contributed by atoms with E-state index < -0.39 is 36.4 Å². The van der Waals surface area contributed by atoms with Gasteiger partial charge in [-0.25, -0.2) is 4.79 Å². The molecule has 4 atom stereocenters. The minimum absolute atomic E-state index is 0.167. The van der Waals surface area contributed by atoms with Crippen LogP contribution in [0.25, 0.3) is 11.1 Å². The van der Waals surface area contributed by atoms with Crippen LogP contribution in [0.3, 0.4) is 0 Å². The molecule has 0 unspecified atom stereocenters. The average molecular weight is 400 g/mol. The molecule has 3 rings (SSSR count). The molecule has 2 N–H and O–H groups in total. The molecular formula is C22H24O7. The molecular weight excluding hydrogens is 376 g/mol. The van der Waals surface area contributed by atoms with Gasteiger partial charge in [-0.3, -0.25) is 4.79 Å². The van der Waals surface area contributed by atoms with E-state index in [1.54, 1.807) is 12.1 Å². The maximum atomic E-state index is 12.4. The van der Waals surface area contributed by atoms with Gasteiger partial charge in [-0.15, -0.1) is 0 Å². The summed E-state index contributed by atoms with van der Waals surface area (Å²) in [5.74, 6) is -2.29. The van der Waals surface area contributed by atoms with E-state index in [-0.39, 0.29) is 19.4 Å². The van der Waals surface area contributed by atoms with Crippen LogP contribution >= 0.6 is 0 Å². The van der Waals surface area contributed by atoms with Crippen LogP contribution in [0.4, 0.5) is 0 Å². The molecule has 0 radical (unpaired) electrons. The summed E-state index contributed by atoms with van der Waals surface area (Å²) in [6, 6.07) is 16.8. The normalized spacial score (nSPS) is 24.1. The first-order valence-corrected chi connectivity index (χ1v) is 9.38. The molecule has 7 heteroatoms. The summed E-state index contributed by atoms with van der Waals surface area (Å²) in [5, 5.41) is 19.3. The second-order valence-electron chi connectivity index (χ2n) is 6.95. The molecule has 1 aliphatic rings. The van der Waals surface area contributed by atoms with Gasteiger partial charge < -0.3 is 24.4 Å². The van der Waals surface area contributed by atoms with Gasteiger partial charge in [0.2, 0.25) is 0 Å². The number of rotatable bonds is 7. The topological polar surface area (TPSA) is 102 Å². The van der Waals surface area contributed by atoms with Crippen LogP contribution in [0.2, 0.25) is 0 Å². The highest BCUT2D eigenvalue weighted by Gasteiger charge is 2.40. The molecule has 0 amide bonds. The largest absolute Gasteiger partial charge is 0.481 e. The van der Waals surface area contributed by atoms with Crippen LogP contribution in [0.1, 0.15) is 23.2 Å². The number of aliphatic hydroxyl groups excluding tert-OH is 1. The monoisotopic (exact) mass is 400 g/mol. The number of aliphatic hydroxyl groups is 1. The zero-order valence-electron chi connectivity index (χ0n) is 16.1. The van der Waals surface area contributed by atoms with Crippen molar-refractivity contribution in [3.63, 3.8) is 0 Å². The van der Waals surface area contributed by atoms with E-state index in [2.05, 4.69) is 0 Å². The smallest absolute Gasteiger partial charge is 0.338 e. The number of methoxy groups -OCH3 is 1. The Hall–Kier alpha value is -2.74. The Bertz CT molecular complexity index is 819. The van der Waals surface area contributed by atoms with Crippen molar-refractivity contribution >= 4 is 11.9 Å². The summed E-state index contributed by atoms with van der Waals surface area (Å²) in [6.07, 6.45) is -2.49. The summed E-state index contributed by atoms with van der Waals surface area (Å²) in [6.45, 7) is -0.172. The molecule has 0 bridgehead atoms. The molecule has 7 nitrogen and oxygen atoms in total. The highest BCUT2D eigenvalue weighted by Crippen LogP contribution is 2.29. The molecule has 0 aliphatic carbocycles. The standard InChI is InChI=1S/C22H24O7/c1-27-21-12-18(23)17(11-20(24)25)19(29-21)13-28-22(26)16-9-7-15(8-10-16)14-5-3-2-4-6-14/h2-10,17-19,21,23H,11-13H2,1H3,(H,24,25)/t17-,18-,19+,21+/m1/s1. The molecule has 0 saturated carbocycles. The number of carbonyl (C=O) groups is 2. The van der Waals surface area contributed by atoms with Gasteiger partial charge in [0.1, 0.15) is 12.7 Å².